The largest absolute Gasteiger partial charge is 0.278 e. The molecule has 3 nitrogen and oxygen atoms in total. The first-order valence-corrected chi connectivity index (χ1v) is 15.7. The quantitative estimate of drug-likeness (QED) is 0.184. The molecule has 0 aliphatic carbocycles. The molecule has 0 aliphatic heterocycles. The van der Waals surface area contributed by atoms with Crippen LogP contribution in [0, 0.1) is 0 Å². The number of hydrogen-bond donors (Lipinski definition) is 0. The summed E-state index contributed by atoms with van der Waals surface area (Å²) >= 11 is 0. The van der Waals surface area contributed by atoms with E-state index >= 15 is 0 Å². The van der Waals surface area contributed by atoms with E-state index in [0.717, 1.165) is 76.5 Å². The maximum atomic E-state index is 5.17. The number of hydrogen-bond acceptors (Lipinski definition) is 2. The van der Waals surface area contributed by atoms with Crippen LogP contribution < -0.4 is 0 Å². The zero-order chi connectivity index (χ0) is 31.7. The average molecular weight is 602 g/mol. The molecule has 0 fully saturated rings. The molecule has 222 valence electrons. The van der Waals surface area contributed by atoms with Crippen molar-refractivity contribution in [2.24, 2.45) is 0 Å². The van der Waals surface area contributed by atoms with Gasteiger partial charge in [-0.05, 0) is 74.1 Å². The van der Waals surface area contributed by atoms with E-state index in [9.17, 15) is 0 Å². The molecule has 8 rings (SSSR count). The minimum absolute atomic E-state index is 0.605. The summed E-state index contributed by atoms with van der Waals surface area (Å²) in [6.07, 6.45) is 7.60. The molecule has 0 amide bonds. The van der Waals surface area contributed by atoms with E-state index in [1.54, 1.807) is 6.08 Å². The van der Waals surface area contributed by atoms with Crippen LogP contribution in [0.5, 0.6) is 0 Å². The lowest BCUT2D eigenvalue weighted by atomic mass is 9.98. The van der Waals surface area contributed by atoms with Gasteiger partial charge in [0.1, 0.15) is 0 Å². The highest BCUT2D eigenvalue weighted by atomic mass is 15.1. The van der Waals surface area contributed by atoms with Crippen molar-refractivity contribution in [3.05, 3.63) is 183 Å². The second kappa shape index (κ2) is 11.9. The minimum atomic E-state index is 0.605. The summed E-state index contributed by atoms with van der Waals surface area (Å²) in [6, 6.07) is 49.4. The Kier molecular flexibility index (Phi) is 7.12. The molecular formula is C44H31N3. The van der Waals surface area contributed by atoms with E-state index in [4.69, 9.17) is 9.97 Å². The van der Waals surface area contributed by atoms with Crippen LogP contribution in [-0.2, 0) is 0 Å². The molecule has 2 heterocycles. The molecule has 0 radical (unpaired) electrons. The minimum Gasteiger partial charge on any atom is -0.278 e. The smallest absolute Gasteiger partial charge is 0.235 e. The van der Waals surface area contributed by atoms with Gasteiger partial charge in [-0.15, -0.1) is 0 Å². The van der Waals surface area contributed by atoms with E-state index in [-0.39, 0.29) is 0 Å². The van der Waals surface area contributed by atoms with E-state index < -0.39 is 0 Å². The summed E-state index contributed by atoms with van der Waals surface area (Å²) in [4.78, 5) is 10.2. The van der Waals surface area contributed by atoms with Crippen molar-refractivity contribution >= 4 is 59.8 Å². The van der Waals surface area contributed by atoms with E-state index in [0.29, 0.717) is 5.95 Å². The first kappa shape index (κ1) is 28.2. The predicted octanol–water partition coefficient (Wildman–Crippen LogP) is 11.6. The number of allylic oxidation sites excluding steroid dienone is 4. The Morgan fingerprint density at radius 1 is 0.553 bits per heavy atom. The molecular weight excluding hydrogens is 571 g/mol. The summed E-state index contributed by atoms with van der Waals surface area (Å²) in [6.45, 7) is 8.04. The van der Waals surface area contributed by atoms with Gasteiger partial charge in [0.05, 0.1) is 16.6 Å². The monoisotopic (exact) mass is 601 g/mol. The molecule has 6 aromatic carbocycles. The van der Waals surface area contributed by atoms with E-state index in [2.05, 4.69) is 133 Å². The van der Waals surface area contributed by atoms with Gasteiger partial charge in [-0.1, -0.05) is 141 Å². The highest BCUT2D eigenvalue weighted by Crippen LogP contribution is 2.36. The lowest BCUT2D eigenvalue weighted by molar-refractivity contribution is 1.01. The Hall–Kier alpha value is -6.32. The maximum absolute atomic E-state index is 5.17. The van der Waals surface area contributed by atoms with Crippen LogP contribution in [0.15, 0.2) is 177 Å². The number of para-hydroxylation sites is 1. The van der Waals surface area contributed by atoms with Gasteiger partial charge in [0, 0.05) is 22.4 Å². The standard InChI is InChI=1S/C44H31N3/c1-3-14-30(4-2)32-23-25-42-39(27-32)37-20-11-9-18-35(37)36-19-10-12-21-38(36)40-28-33(31-15-6-5-7-16-31)24-26-43(40)47(42)44-45-29-34-17-8-13-22-41(34)46-44/h3-29H,1-2H2/b30-14+. The fraction of sp³-hybridized carbons (Fsp3) is 0. The van der Waals surface area contributed by atoms with Crippen molar-refractivity contribution in [2.45, 2.75) is 0 Å². The lowest BCUT2D eigenvalue weighted by Crippen LogP contribution is -2.04. The predicted molar refractivity (Wildman–Crippen MR) is 200 cm³/mol. The van der Waals surface area contributed by atoms with Crippen molar-refractivity contribution in [1.82, 2.24) is 14.5 Å². The molecule has 3 heteroatoms. The molecule has 8 aromatic rings. The molecule has 2 aromatic heterocycles. The first-order chi connectivity index (χ1) is 23.2. The molecule has 0 atom stereocenters. The Balaban J connectivity index is 1.67. The van der Waals surface area contributed by atoms with Crippen LogP contribution in [0.3, 0.4) is 0 Å². The molecule has 0 bridgehead atoms. The number of rotatable bonds is 5. The van der Waals surface area contributed by atoms with Crippen molar-refractivity contribution in [1.29, 1.82) is 0 Å². The molecule has 0 N–H and O–H groups in total. The fourth-order valence-corrected chi connectivity index (χ4v) is 6.61. The summed E-state index contributed by atoms with van der Waals surface area (Å²) in [5, 5.41) is 7.76. The molecule has 0 spiro atoms. The zero-order valence-corrected chi connectivity index (χ0v) is 25.8. The molecule has 47 heavy (non-hydrogen) atoms. The number of fused-ring (bicyclic) bond motifs is 8. The van der Waals surface area contributed by atoms with Crippen molar-refractivity contribution in [2.75, 3.05) is 0 Å². The van der Waals surface area contributed by atoms with Crippen LogP contribution >= 0.6 is 0 Å². The Morgan fingerprint density at radius 3 is 1.83 bits per heavy atom. The van der Waals surface area contributed by atoms with Crippen LogP contribution in [0.25, 0.3) is 76.9 Å². The lowest BCUT2D eigenvalue weighted by Gasteiger charge is -2.14. The van der Waals surface area contributed by atoms with Gasteiger partial charge in [-0.25, -0.2) is 9.97 Å². The topological polar surface area (TPSA) is 30.7 Å². The summed E-state index contributed by atoms with van der Waals surface area (Å²) in [7, 11) is 0. The third-order valence-electron chi connectivity index (χ3n) is 8.83. The fourth-order valence-electron chi connectivity index (χ4n) is 6.61. The van der Waals surface area contributed by atoms with Gasteiger partial charge in [0.15, 0.2) is 0 Å². The molecule has 0 aliphatic rings. The number of aromatic nitrogens is 3. The highest BCUT2D eigenvalue weighted by molar-refractivity contribution is 6.20. The second-order valence-electron chi connectivity index (χ2n) is 11.5. The van der Waals surface area contributed by atoms with Gasteiger partial charge in [-0.3, -0.25) is 4.57 Å². The van der Waals surface area contributed by atoms with Gasteiger partial charge in [0.25, 0.3) is 0 Å². The third-order valence-corrected chi connectivity index (χ3v) is 8.83. The summed E-state index contributed by atoms with van der Waals surface area (Å²) in [5.41, 5.74) is 7.24. The number of nitrogens with zero attached hydrogens (tertiary/aromatic N) is 3. The third kappa shape index (κ3) is 4.95. The van der Waals surface area contributed by atoms with E-state index in [1.807, 2.05) is 42.6 Å². The van der Waals surface area contributed by atoms with Crippen molar-refractivity contribution in [3.63, 3.8) is 0 Å². The van der Waals surface area contributed by atoms with Gasteiger partial charge in [-0.2, -0.15) is 0 Å². The Bertz CT molecular complexity index is 2610. The van der Waals surface area contributed by atoms with Crippen LogP contribution in [0.4, 0.5) is 0 Å². The summed E-state index contributed by atoms with van der Waals surface area (Å²) in [5.74, 6) is 0.605. The van der Waals surface area contributed by atoms with Gasteiger partial charge >= 0.3 is 0 Å². The SMILES string of the molecule is C=C/C=C(\C=C)c1ccc2c(c1)c1ccccc1c1ccccc1c1cc(-c3ccccc3)ccc1n2-c1ncc2ccccc2n1. The van der Waals surface area contributed by atoms with Crippen LogP contribution in [-0.4, -0.2) is 14.5 Å². The van der Waals surface area contributed by atoms with E-state index in [1.165, 1.54) is 0 Å². The average Bonchev–Trinajstić information content (AvgIpc) is 3.18. The van der Waals surface area contributed by atoms with Crippen LogP contribution in [0.1, 0.15) is 5.56 Å². The molecule has 0 saturated heterocycles. The summed E-state index contributed by atoms with van der Waals surface area (Å²) < 4.78 is 2.22. The zero-order valence-electron chi connectivity index (χ0n) is 25.8. The Morgan fingerprint density at radius 2 is 1.15 bits per heavy atom. The normalized spacial score (nSPS) is 11.7. The molecule has 0 saturated carbocycles. The maximum Gasteiger partial charge on any atom is 0.235 e. The van der Waals surface area contributed by atoms with Crippen molar-refractivity contribution < 1.29 is 0 Å². The Labute approximate surface area is 273 Å². The highest BCUT2D eigenvalue weighted by Gasteiger charge is 2.14. The van der Waals surface area contributed by atoms with Gasteiger partial charge in [0.2, 0.25) is 5.95 Å². The van der Waals surface area contributed by atoms with Crippen LogP contribution in [0.2, 0.25) is 0 Å². The number of benzene rings is 6. The van der Waals surface area contributed by atoms with Crippen molar-refractivity contribution in [3.8, 4) is 17.1 Å². The first-order valence-electron chi connectivity index (χ1n) is 15.7. The van der Waals surface area contributed by atoms with Gasteiger partial charge < -0.3 is 0 Å². The molecule has 0 unspecified atom stereocenters. The second-order valence-corrected chi connectivity index (χ2v) is 11.5.